The first-order chi connectivity index (χ1) is 17.0. The zero-order chi connectivity index (χ0) is 25.0. The minimum absolute atomic E-state index is 0.0538. The van der Waals surface area contributed by atoms with Crippen LogP contribution in [0.5, 0.6) is 0 Å². The van der Waals surface area contributed by atoms with Gasteiger partial charge >= 0.3 is 12.1 Å². The average Bonchev–Trinajstić information content (AvgIpc) is 3.17. The van der Waals surface area contributed by atoms with Crippen LogP contribution in [0.3, 0.4) is 0 Å². The van der Waals surface area contributed by atoms with Gasteiger partial charge in [-0.15, -0.1) is 0 Å². The van der Waals surface area contributed by atoms with Crippen molar-refractivity contribution >= 4 is 18.0 Å². The number of carbonyl (C=O) groups is 3. The quantitative estimate of drug-likeness (QED) is 0.321. The molecule has 0 aromatic heterocycles. The van der Waals surface area contributed by atoms with Crippen LogP contribution in [0.2, 0.25) is 0 Å². The Kier molecular flexibility index (Phi) is 10.1. The predicted octanol–water partition coefficient (Wildman–Crippen LogP) is 5.24. The molecule has 0 unspecified atom stereocenters. The van der Waals surface area contributed by atoms with E-state index in [-0.39, 0.29) is 11.8 Å². The highest BCUT2D eigenvalue weighted by atomic mass is 16.5. The molecule has 0 spiro atoms. The number of alkyl carbamates (subject to hydrolysis) is 1. The second-order valence-corrected chi connectivity index (χ2v) is 9.02. The van der Waals surface area contributed by atoms with E-state index < -0.39 is 18.1 Å². The van der Waals surface area contributed by atoms with Gasteiger partial charge in [-0.3, -0.25) is 4.79 Å². The van der Waals surface area contributed by atoms with Crippen LogP contribution in [-0.4, -0.2) is 42.3 Å². The van der Waals surface area contributed by atoms with Crippen LogP contribution in [0.1, 0.15) is 75.3 Å². The van der Waals surface area contributed by atoms with Crippen molar-refractivity contribution < 1.29 is 24.2 Å². The van der Waals surface area contributed by atoms with Crippen LogP contribution < -0.4 is 10.6 Å². The second-order valence-electron chi connectivity index (χ2n) is 9.02. The largest absolute Gasteiger partial charge is 0.480 e. The first kappa shape index (κ1) is 26.3. The third kappa shape index (κ3) is 7.57. The SMILES string of the molecule is CCC[C@H](NC(=O)CCCCCCCNC(=O)OCC1c2ccccc2-c2ccccc21)C(=O)O. The molecular formula is C28H36N2O5. The molecule has 188 valence electrons. The Balaban J connectivity index is 1.26. The van der Waals surface area contributed by atoms with Gasteiger partial charge in [0, 0.05) is 18.9 Å². The first-order valence-electron chi connectivity index (χ1n) is 12.6. The van der Waals surface area contributed by atoms with Gasteiger partial charge in [0.25, 0.3) is 0 Å². The molecule has 0 aliphatic heterocycles. The van der Waals surface area contributed by atoms with Crippen LogP contribution in [0.4, 0.5) is 4.79 Å². The fourth-order valence-corrected chi connectivity index (χ4v) is 4.59. The van der Waals surface area contributed by atoms with Gasteiger partial charge in [0.2, 0.25) is 5.91 Å². The Hall–Kier alpha value is -3.35. The van der Waals surface area contributed by atoms with Crippen LogP contribution in [0.15, 0.2) is 48.5 Å². The highest BCUT2D eigenvalue weighted by molar-refractivity contribution is 5.83. The number of rotatable bonds is 14. The summed E-state index contributed by atoms with van der Waals surface area (Å²) in [6.45, 7) is 2.75. The Morgan fingerprint density at radius 1 is 0.914 bits per heavy atom. The number of hydrogen-bond donors (Lipinski definition) is 3. The number of carboxylic acid groups (broad SMARTS) is 1. The van der Waals surface area contributed by atoms with Gasteiger partial charge in [-0.25, -0.2) is 9.59 Å². The summed E-state index contributed by atoms with van der Waals surface area (Å²) >= 11 is 0. The van der Waals surface area contributed by atoms with E-state index in [0.717, 1.165) is 32.1 Å². The fraction of sp³-hybridized carbons (Fsp3) is 0.464. The number of ether oxygens (including phenoxy) is 1. The predicted molar refractivity (Wildman–Crippen MR) is 135 cm³/mol. The Morgan fingerprint density at radius 2 is 1.51 bits per heavy atom. The van der Waals surface area contributed by atoms with E-state index in [1.807, 2.05) is 31.2 Å². The third-order valence-electron chi connectivity index (χ3n) is 6.40. The summed E-state index contributed by atoms with van der Waals surface area (Å²) in [4.78, 5) is 35.2. The summed E-state index contributed by atoms with van der Waals surface area (Å²) in [5.74, 6) is -1.13. The lowest BCUT2D eigenvalue weighted by Crippen LogP contribution is -2.40. The average molecular weight is 481 g/mol. The number of carboxylic acids is 1. The number of benzene rings is 2. The summed E-state index contributed by atoms with van der Waals surface area (Å²) in [6, 6.07) is 15.7. The molecule has 0 bridgehead atoms. The van der Waals surface area contributed by atoms with Crippen molar-refractivity contribution in [2.75, 3.05) is 13.2 Å². The van der Waals surface area contributed by atoms with Crippen molar-refractivity contribution in [3.05, 3.63) is 59.7 Å². The van der Waals surface area contributed by atoms with Crippen molar-refractivity contribution in [1.29, 1.82) is 0 Å². The summed E-state index contributed by atoms with van der Waals surface area (Å²) in [5, 5.41) is 14.5. The van der Waals surface area contributed by atoms with Crippen molar-refractivity contribution in [1.82, 2.24) is 10.6 Å². The van der Waals surface area contributed by atoms with Crippen LogP contribution in [0.25, 0.3) is 11.1 Å². The number of aliphatic carboxylic acids is 1. The Bertz CT molecular complexity index is 961. The molecule has 0 fully saturated rings. The monoisotopic (exact) mass is 480 g/mol. The van der Waals surface area contributed by atoms with Gasteiger partial charge in [-0.05, 0) is 41.5 Å². The smallest absolute Gasteiger partial charge is 0.407 e. The van der Waals surface area contributed by atoms with Gasteiger partial charge in [0.1, 0.15) is 12.6 Å². The zero-order valence-electron chi connectivity index (χ0n) is 20.4. The van der Waals surface area contributed by atoms with Crippen LogP contribution >= 0.6 is 0 Å². The minimum Gasteiger partial charge on any atom is -0.480 e. The molecule has 3 rings (SSSR count). The number of unbranched alkanes of at least 4 members (excludes halogenated alkanes) is 4. The molecule has 0 radical (unpaired) electrons. The van der Waals surface area contributed by atoms with Gasteiger partial charge in [-0.1, -0.05) is 81.1 Å². The molecule has 7 nitrogen and oxygen atoms in total. The van der Waals surface area contributed by atoms with Crippen LogP contribution in [-0.2, 0) is 14.3 Å². The van der Waals surface area contributed by atoms with Gasteiger partial charge < -0.3 is 20.5 Å². The van der Waals surface area contributed by atoms with E-state index >= 15 is 0 Å². The molecule has 1 aliphatic rings. The molecule has 0 saturated carbocycles. The lowest BCUT2D eigenvalue weighted by Gasteiger charge is -2.14. The van der Waals surface area contributed by atoms with Crippen molar-refractivity contribution in [3.63, 3.8) is 0 Å². The van der Waals surface area contributed by atoms with Gasteiger partial charge in [0.15, 0.2) is 0 Å². The molecule has 2 amide bonds. The molecule has 0 heterocycles. The molecule has 1 aliphatic carbocycles. The molecule has 3 N–H and O–H groups in total. The summed E-state index contributed by atoms with van der Waals surface area (Å²) < 4.78 is 5.54. The minimum atomic E-state index is -0.982. The fourth-order valence-electron chi connectivity index (χ4n) is 4.59. The second kappa shape index (κ2) is 13.5. The summed E-state index contributed by atoms with van der Waals surface area (Å²) in [7, 11) is 0. The molecular weight excluding hydrogens is 444 g/mol. The maximum Gasteiger partial charge on any atom is 0.407 e. The van der Waals surface area contributed by atoms with Gasteiger partial charge in [0.05, 0.1) is 0 Å². The normalized spacial score (nSPS) is 12.9. The van der Waals surface area contributed by atoms with Crippen LogP contribution in [0, 0.1) is 0 Å². The Morgan fingerprint density at radius 3 is 2.14 bits per heavy atom. The highest BCUT2D eigenvalue weighted by Crippen LogP contribution is 2.44. The number of hydrogen-bond acceptors (Lipinski definition) is 4. The molecule has 0 saturated heterocycles. The first-order valence-corrected chi connectivity index (χ1v) is 12.6. The van der Waals surface area contributed by atoms with Crippen molar-refractivity contribution in [2.24, 2.45) is 0 Å². The van der Waals surface area contributed by atoms with E-state index in [0.29, 0.717) is 32.4 Å². The maximum absolute atomic E-state index is 12.2. The molecule has 7 heteroatoms. The van der Waals surface area contributed by atoms with E-state index in [9.17, 15) is 14.4 Å². The molecule has 35 heavy (non-hydrogen) atoms. The van der Waals surface area contributed by atoms with E-state index in [1.54, 1.807) is 0 Å². The third-order valence-corrected chi connectivity index (χ3v) is 6.40. The van der Waals surface area contributed by atoms with Crippen molar-refractivity contribution in [2.45, 2.75) is 70.3 Å². The topological polar surface area (TPSA) is 105 Å². The summed E-state index contributed by atoms with van der Waals surface area (Å²) in [6.07, 6.45) is 5.45. The van der Waals surface area contributed by atoms with E-state index in [2.05, 4.69) is 34.9 Å². The number of amides is 2. The van der Waals surface area contributed by atoms with E-state index in [1.165, 1.54) is 22.3 Å². The van der Waals surface area contributed by atoms with Gasteiger partial charge in [-0.2, -0.15) is 0 Å². The zero-order valence-corrected chi connectivity index (χ0v) is 20.4. The summed E-state index contributed by atoms with van der Waals surface area (Å²) in [5.41, 5.74) is 4.80. The maximum atomic E-state index is 12.2. The van der Waals surface area contributed by atoms with E-state index in [4.69, 9.17) is 9.84 Å². The highest BCUT2D eigenvalue weighted by Gasteiger charge is 2.28. The lowest BCUT2D eigenvalue weighted by molar-refractivity contribution is -0.142. The molecule has 2 aromatic carbocycles. The number of fused-ring (bicyclic) bond motifs is 3. The van der Waals surface area contributed by atoms with Crippen molar-refractivity contribution in [3.8, 4) is 11.1 Å². The Labute approximate surface area is 207 Å². The standard InChI is InChI=1S/C28H36N2O5/c1-2-12-25(27(32)33)30-26(31)17-6-4-3-5-11-18-29-28(34)35-19-24-22-15-9-7-13-20(22)21-14-8-10-16-23(21)24/h7-10,13-16,24-25H,2-6,11-12,17-19H2,1H3,(H,29,34)(H,30,31)(H,32,33)/t25-/m0/s1. The number of nitrogens with one attached hydrogen (secondary N) is 2. The molecule has 1 atom stereocenters. The molecule has 2 aromatic rings. The number of carbonyl (C=O) groups excluding carboxylic acids is 2. The lowest BCUT2D eigenvalue weighted by atomic mass is 9.98.